The smallest absolute Gasteiger partial charge is 0.250 e. The molecule has 0 radical (unpaired) electrons. The van der Waals surface area contributed by atoms with Crippen LogP contribution < -0.4 is 30.0 Å². The minimum absolute atomic E-state index is 0.0103. The van der Waals surface area contributed by atoms with Crippen molar-refractivity contribution in [2.45, 2.75) is 6.42 Å². The van der Waals surface area contributed by atoms with E-state index in [-0.39, 0.29) is 23.6 Å². The number of rotatable bonds is 9. The van der Waals surface area contributed by atoms with E-state index in [1.165, 1.54) is 37.7 Å². The van der Waals surface area contributed by atoms with Crippen LogP contribution in [0.4, 0.5) is 5.69 Å². The van der Waals surface area contributed by atoms with Gasteiger partial charge in [-0.05, 0) is 24.3 Å². The van der Waals surface area contributed by atoms with Crippen molar-refractivity contribution in [2.24, 2.45) is 5.73 Å². The van der Waals surface area contributed by atoms with Gasteiger partial charge in [0.2, 0.25) is 5.91 Å². The molecule has 1 heterocycles. The molecule has 0 aliphatic carbocycles. The standard InChI is InChI=1S/C22H23N3O6S/c1-28-16-6-5-12(7-17(16)29-2)22-24-13(11-32-22)8-20(26)25-15-10-19(31-4)18(30-3)9-14(15)21(23)27/h5-7,9-11H,8H2,1-4H3,(H2,23,27)(H,25,26). The lowest BCUT2D eigenvalue weighted by atomic mass is 10.1. The van der Waals surface area contributed by atoms with E-state index in [9.17, 15) is 9.59 Å². The van der Waals surface area contributed by atoms with Crippen molar-refractivity contribution >= 4 is 28.8 Å². The molecule has 0 bridgehead atoms. The maximum Gasteiger partial charge on any atom is 0.250 e. The second kappa shape index (κ2) is 10.0. The number of nitrogens with two attached hydrogens (primary N) is 1. The lowest BCUT2D eigenvalue weighted by Crippen LogP contribution is -2.20. The molecule has 10 heteroatoms. The highest BCUT2D eigenvalue weighted by molar-refractivity contribution is 7.13. The van der Waals surface area contributed by atoms with Crippen LogP contribution in [0.2, 0.25) is 0 Å². The van der Waals surface area contributed by atoms with Crippen LogP contribution in [0.15, 0.2) is 35.7 Å². The molecule has 2 aromatic carbocycles. The summed E-state index contributed by atoms with van der Waals surface area (Å²) >= 11 is 1.40. The number of nitrogens with zero attached hydrogens (tertiary/aromatic N) is 1. The zero-order chi connectivity index (χ0) is 23.3. The predicted molar refractivity (Wildman–Crippen MR) is 121 cm³/mol. The third-order valence-electron chi connectivity index (χ3n) is 4.59. The number of primary amides is 1. The van der Waals surface area contributed by atoms with Crippen molar-refractivity contribution in [1.29, 1.82) is 0 Å². The van der Waals surface area contributed by atoms with Crippen molar-refractivity contribution in [1.82, 2.24) is 4.98 Å². The van der Waals surface area contributed by atoms with Crippen LogP contribution in [0.25, 0.3) is 10.6 Å². The molecule has 3 rings (SSSR count). The fraction of sp³-hybridized carbons (Fsp3) is 0.227. The van der Waals surface area contributed by atoms with E-state index in [2.05, 4.69) is 10.3 Å². The summed E-state index contributed by atoms with van der Waals surface area (Å²) < 4.78 is 21.0. The first-order valence-electron chi connectivity index (χ1n) is 9.42. The van der Waals surface area contributed by atoms with Crippen molar-refractivity contribution in [3.8, 4) is 33.6 Å². The molecule has 3 N–H and O–H groups in total. The van der Waals surface area contributed by atoms with Gasteiger partial charge in [-0.2, -0.15) is 0 Å². The summed E-state index contributed by atoms with van der Waals surface area (Å²) in [6.07, 6.45) is 0.0103. The van der Waals surface area contributed by atoms with Crippen LogP contribution in [-0.4, -0.2) is 45.2 Å². The average Bonchev–Trinajstić information content (AvgIpc) is 3.26. The summed E-state index contributed by atoms with van der Waals surface area (Å²) in [4.78, 5) is 29.0. The summed E-state index contributed by atoms with van der Waals surface area (Å²) in [7, 11) is 6.03. The van der Waals surface area contributed by atoms with Gasteiger partial charge in [-0.25, -0.2) is 4.98 Å². The van der Waals surface area contributed by atoms with Crippen LogP contribution in [-0.2, 0) is 11.2 Å². The number of aromatic nitrogens is 1. The molecule has 0 saturated carbocycles. The molecule has 168 valence electrons. The maximum absolute atomic E-state index is 12.6. The highest BCUT2D eigenvalue weighted by Crippen LogP contribution is 2.35. The van der Waals surface area contributed by atoms with Gasteiger partial charge in [0.05, 0.1) is 51.8 Å². The number of benzene rings is 2. The summed E-state index contributed by atoms with van der Waals surface area (Å²) in [5, 5.41) is 5.24. The number of carbonyl (C=O) groups is 2. The van der Waals surface area contributed by atoms with Gasteiger partial charge in [0, 0.05) is 17.0 Å². The zero-order valence-electron chi connectivity index (χ0n) is 18.1. The minimum atomic E-state index is -0.703. The number of hydrogen-bond donors (Lipinski definition) is 2. The van der Waals surface area contributed by atoms with E-state index in [4.69, 9.17) is 24.7 Å². The van der Waals surface area contributed by atoms with E-state index in [1.807, 2.05) is 12.1 Å². The fourth-order valence-corrected chi connectivity index (χ4v) is 3.85. The first kappa shape index (κ1) is 22.9. The van der Waals surface area contributed by atoms with Crippen LogP contribution in [0, 0.1) is 0 Å². The molecular formula is C22H23N3O6S. The van der Waals surface area contributed by atoms with Crippen molar-refractivity contribution in [2.75, 3.05) is 33.8 Å². The Hall–Kier alpha value is -3.79. The lowest BCUT2D eigenvalue weighted by Gasteiger charge is -2.14. The molecule has 32 heavy (non-hydrogen) atoms. The normalized spacial score (nSPS) is 10.4. The van der Waals surface area contributed by atoms with Crippen LogP contribution in [0.5, 0.6) is 23.0 Å². The van der Waals surface area contributed by atoms with Crippen molar-refractivity contribution in [3.63, 3.8) is 0 Å². The van der Waals surface area contributed by atoms with Gasteiger partial charge in [-0.15, -0.1) is 11.3 Å². The van der Waals surface area contributed by atoms with E-state index in [0.29, 0.717) is 28.7 Å². The van der Waals surface area contributed by atoms with E-state index in [0.717, 1.165) is 10.6 Å². The number of thiazole rings is 1. The topological polar surface area (TPSA) is 122 Å². The Kier molecular flexibility index (Phi) is 7.16. The first-order valence-corrected chi connectivity index (χ1v) is 10.3. The Morgan fingerprint density at radius 2 is 1.56 bits per heavy atom. The number of nitrogens with one attached hydrogen (secondary N) is 1. The highest BCUT2D eigenvalue weighted by atomic mass is 32.1. The van der Waals surface area contributed by atoms with Gasteiger partial charge in [0.25, 0.3) is 5.91 Å². The number of amides is 2. The third-order valence-corrected chi connectivity index (χ3v) is 5.53. The number of anilines is 1. The lowest BCUT2D eigenvalue weighted by molar-refractivity contribution is -0.115. The first-order chi connectivity index (χ1) is 15.4. The zero-order valence-corrected chi connectivity index (χ0v) is 18.9. The van der Waals surface area contributed by atoms with Gasteiger partial charge in [0.1, 0.15) is 5.01 Å². The Morgan fingerprint density at radius 3 is 2.19 bits per heavy atom. The second-order valence-corrected chi connectivity index (χ2v) is 7.41. The highest BCUT2D eigenvalue weighted by Gasteiger charge is 2.18. The number of ether oxygens (including phenoxy) is 4. The largest absolute Gasteiger partial charge is 0.493 e. The van der Waals surface area contributed by atoms with Crippen LogP contribution >= 0.6 is 11.3 Å². The molecular weight excluding hydrogens is 434 g/mol. The summed E-state index contributed by atoms with van der Waals surface area (Å²) in [5.41, 5.74) is 7.22. The van der Waals surface area contributed by atoms with Gasteiger partial charge in [0.15, 0.2) is 23.0 Å². The Balaban J connectivity index is 1.78. The molecule has 0 spiro atoms. The molecule has 3 aromatic rings. The maximum atomic E-state index is 12.6. The summed E-state index contributed by atoms with van der Waals surface area (Å²) in [6, 6.07) is 8.41. The van der Waals surface area contributed by atoms with Gasteiger partial charge >= 0.3 is 0 Å². The number of hydrogen-bond acceptors (Lipinski definition) is 8. The second-order valence-electron chi connectivity index (χ2n) is 6.56. The molecule has 0 unspecified atom stereocenters. The average molecular weight is 458 g/mol. The Morgan fingerprint density at radius 1 is 0.938 bits per heavy atom. The summed E-state index contributed by atoms with van der Waals surface area (Å²) in [5.74, 6) is 0.838. The predicted octanol–water partition coefficient (Wildman–Crippen LogP) is 3.12. The third kappa shape index (κ3) is 4.92. The van der Waals surface area contributed by atoms with Crippen molar-refractivity contribution in [3.05, 3.63) is 47.0 Å². The van der Waals surface area contributed by atoms with E-state index < -0.39 is 5.91 Å². The Labute approximate surface area is 189 Å². The SMILES string of the molecule is COc1ccc(-c2nc(CC(=O)Nc3cc(OC)c(OC)cc3C(N)=O)cs2)cc1OC. The molecule has 0 aliphatic heterocycles. The molecule has 0 fully saturated rings. The summed E-state index contributed by atoms with van der Waals surface area (Å²) in [6.45, 7) is 0. The van der Waals surface area contributed by atoms with Gasteiger partial charge < -0.3 is 30.0 Å². The van der Waals surface area contributed by atoms with Crippen LogP contribution in [0.1, 0.15) is 16.1 Å². The van der Waals surface area contributed by atoms with Crippen molar-refractivity contribution < 1.29 is 28.5 Å². The minimum Gasteiger partial charge on any atom is -0.493 e. The molecule has 0 saturated heterocycles. The van der Waals surface area contributed by atoms with E-state index >= 15 is 0 Å². The molecule has 0 aliphatic rings. The quantitative estimate of drug-likeness (QED) is 0.506. The molecule has 1 aromatic heterocycles. The fourth-order valence-electron chi connectivity index (χ4n) is 3.04. The monoisotopic (exact) mass is 457 g/mol. The molecule has 9 nitrogen and oxygen atoms in total. The number of methoxy groups -OCH3 is 4. The van der Waals surface area contributed by atoms with E-state index in [1.54, 1.807) is 25.7 Å². The molecule has 2 amide bonds. The molecule has 0 atom stereocenters. The Bertz CT molecular complexity index is 1140. The van der Waals surface area contributed by atoms with Gasteiger partial charge in [-0.3, -0.25) is 9.59 Å². The number of carbonyl (C=O) groups excluding carboxylic acids is 2. The van der Waals surface area contributed by atoms with Crippen LogP contribution in [0.3, 0.4) is 0 Å². The van der Waals surface area contributed by atoms with Gasteiger partial charge in [-0.1, -0.05) is 0 Å².